The zero-order chi connectivity index (χ0) is 12.5. The molecule has 0 aromatic heterocycles. The van der Waals surface area contributed by atoms with E-state index in [1.165, 1.54) is 12.1 Å². The highest BCUT2D eigenvalue weighted by molar-refractivity contribution is 5.69. The van der Waals surface area contributed by atoms with E-state index in [-0.39, 0.29) is 12.2 Å². The van der Waals surface area contributed by atoms with Crippen molar-refractivity contribution in [2.24, 2.45) is 0 Å². The van der Waals surface area contributed by atoms with Crippen molar-refractivity contribution in [3.05, 3.63) is 35.1 Å². The highest BCUT2D eigenvalue weighted by Crippen LogP contribution is 2.39. The average Bonchev–Trinajstić information content (AvgIpc) is 2.56. The zero-order valence-corrected chi connectivity index (χ0v) is 9.79. The van der Waals surface area contributed by atoms with Gasteiger partial charge in [-0.05, 0) is 42.6 Å². The first kappa shape index (κ1) is 12.0. The molecular weight excluding hydrogens is 221 g/mol. The van der Waals surface area contributed by atoms with E-state index in [2.05, 4.69) is 5.32 Å². The van der Waals surface area contributed by atoms with Crippen molar-refractivity contribution in [1.82, 2.24) is 5.32 Å². The van der Waals surface area contributed by atoms with Gasteiger partial charge >= 0.3 is 5.97 Å². The van der Waals surface area contributed by atoms with Crippen molar-refractivity contribution >= 4 is 5.97 Å². The minimum absolute atomic E-state index is 0.0411. The number of carboxylic acid groups (broad SMARTS) is 1. The van der Waals surface area contributed by atoms with Gasteiger partial charge in [0.2, 0.25) is 0 Å². The van der Waals surface area contributed by atoms with Gasteiger partial charge in [0.05, 0.1) is 12.0 Å². The first-order valence-corrected chi connectivity index (χ1v) is 5.83. The number of halogens is 1. The molecule has 0 aliphatic heterocycles. The van der Waals surface area contributed by atoms with Crippen LogP contribution in [0, 0.1) is 5.82 Å². The standard InChI is InChI=1S/C13H16FNO2/c1-2-15-13(8-12(16)17)6-5-9-7-10(14)3-4-11(9)13/h3-4,7,15H,2,5-6,8H2,1H3,(H,16,17). The second-order valence-electron chi connectivity index (χ2n) is 4.48. The van der Waals surface area contributed by atoms with Gasteiger partial charge in [-0.15, -0.1) is 0 Å². The summed E-state index contributed by atoms with van der Waals surface area (Å²) in [6.07, 6.45) is 1.48. The van der Waals surface area contributed by atoms with E-state index >= 15 is 0 Å². The monoisotopic (exact) mass is 237 g/mol. The molecule has 0 saturated carbocycles. The van der Waals surface area contributed by atoms with Crippen LogP contribution in [0.4, 0.5) is 4.39 Å². The smallest absolute Gasteiger partial charge is 0.305 e. The molecule has 92 valence electrons. The lowest BCUT2D eigenvalue weighted by atomic mass is 9.88. The van der Waals surface area contributed by atoms with Crippen LogP contribution in [0.25, 0.3) is 0 Å². The van der Waals surface area contributed by atoms with Crippen molar-refractivity contribution in [2.45, 2.75) is 31.7 Å². The molecule has 4 heteroatoms. The van der Waals surface area contributed by atoms with Crippen LogP contribution in [-0.4, -0.2) is 17.6 Å². The van der Waals surface area contributed by atoms with E-state index in [9.17, 15) is 9.18 Å². The van der Waals surface area contributed by atoms with E-state index < -0.39 is 11.5 Å². The average molecular weight is 237 g/mol. The van der Waals surface area contributed by atoms with E-state index in [0.29, 0.717) is 13.0 Å². The summed E-state index contributed by atoms with van der Waals surface area (Å²) in [6, 6.07) is 4.62. The number of aliphatic carboxylic acids is 1. The normalized spacial score (nSPS) is 22.5. The molecule has 1 aliphatic carbocycles. The largest absolute Gasteiger partial charge is 0.481 e. The minimum atomic E-state index is -0.830. The molecule has 0 amide bonds. The quantitative estimate of drug-likeness (QED) is 0.842. The Hall–Kier alpha value is -1.42. The molecule has 2 rings (SSSR count). The predicted octanol–water partition coefficient (Wildman–Crippen LogP) is 2.05. The van der Waals surface area contributed by atoms with E-state index in [4.69, 9.17) is 5.11 Å². The highest BCUT2D eigenvalue weighted by atomic mass is 19.1. The van der Waals surface area contributed by atoms with Crippen LogP contribution in [0.3, 0.4) is 0 Å². The third kappa shape index (κ3) is 2.17. The van der Waals surface area contributed by atoms with Crippen LogP contribution in [-0.2, 0) is 16.8 Å². The summed E-state index contributed by atoms with van der Waals surface area (Å²) in [5.41, 5.74) is 1.33. The molecule has 3 nitrogen and oxygen atoms in total. The van der Waals surface area contributed by atoms with Crippen molar-refractivity contribution in [3.8, 4) is 0 Å². The molecule has 2 N–H and O–H groups in total. The molecule has 0 radical (unpaired) electrons. The number of carboxylic acids is 1. The SMILES string of the molecule is CCNC1(CC(=O)O)CCc2cc(F)ccc21. The number of aryl methyl sites for hydroxylation is 1. The number of hydrogen-bond donors (Lipinski definition) is 2. The Balaban J connectivity index is 2.41. The van der Waals surface area contributed by atoms with Gasteiger partial charge in [-0.2, -0.15) is 0 Å². The maximum Gasteiger partial charge on any atom is 0.305 e. The molecule has 0 heterocycles. The molecule has 0 saturated heterocycles. The second-order valence-corrected chi connectivity index (χ2v) is 4.48. The maximum absolute atomic E-state index is 13.1. The molecule has 1 atom stereocenters. The maximum atomic E-state index is 13.1. The van der Waals surface area contributed by atoms with E-state index in [0.717, 1.165) is 17.5 Å². The summed E-state index contributed by atoms with van der Waals surface area (Å²) >= 11 is 0. The number of rotatable bonds is 4. The Bertz CT molecular complexity index is 447. The van der Waals surface area contributed by atoms with Crippen LogP contribution >= 0.6 is 0 Å². The predicted molar refractivity (Wildman–Crippen MR) is 62.3 cm³/mol. The number of benzene rings is 1. The lowest BCUT2D eigenvalue weighted by Crippen LogP contribution is -2.42. The van der Waals surface area contributed by atoms with Gasteiger partial charge in [0.1, 0.15) is 5.82 Å². The van der Waals surface area contributed by atoms with Crippen molar-refractivity contribution < 1.29 is 14.3 Å². The first-order valence-electron chi connectivity index (χ1n) is 5.83. The van der Waals surface area contributed by atoms with Gasteiger partial charge in [0.25, 0.3) is 0 Å². The summed E-state index contributed by atoms with van der Waals surface area (Å²) in [5, 5.41) is 12.3. The van der Waals surface area contributed by atoms with Gasteiger partial charge < -0.3 is 10.4 Å². The topological polar surface area (TPSA) is 49.3 Å². The fraction of sp³-hybridized carbons (Fsp3) is 0.462. The van der Waals surface area contributed by atoms with Crippen LogP contribution < -0.4 is 5.32 Å². The van der Waals surface area contributed by atoms with E-state index in [1.807, 2.05) is 6.92 Å². The Kier molecular flexibility index (Phi) is 3.15. The molecular formula is C13H16FNO2. The first-order chi connectivity index (χ1) is 8.07. The van der Waals surface area contributed by atoms with Gasteiger partial charge in [-0.25, -0.2) is 4.39 Å². The number of hydrogen-bond acceptors (Lipinski definition) is 2. The van der Waals surface area contributed by atoms with Gasteiger partial charge in [-0.1, -0.05) is 13.0 Å². The van der Waals surface area contributed by atoms with Crippen molar-refractivity contribution in [2.75, 3.05) is 6.54 Å². The second kappa shape index (κ2) is 4.45. The van der Waals surface area contributed by atoms with Crippen molar-refractivity contribution in [1.29, 1.82) is 0 Å². The molecule has 0 spiro atoms. The zero-order valence-electron chi connectivity index (χ0n) is 9.79. The molecule has 0 bridgehead atoms. The number of carbonyl (C=O) groups is 1. The van der Waals surface area contributed by atoms with Crippen LogP contribution in [0.5, 0.6) is 0 Å². The Morgan fingerprint density at radius 1 is 1.59 bits per heavy atom. The van der Waals surface area contributed by atoms with Gasteiger partial charge in [0.15, 0.2) is 0 Å². The molecule has 1 aromatic rings. The Labute approximate surface area is 99.7 Å². The van der Waals surface area contributed by atoms with Crippen LogP contribution in [0.15, 0.2) is 18.2 Å². The summed E-state index contributed by atoms with van der Waals surface area (Å²) in [6.45, 7) is 2.65. The summed E-state index contributed by atoms with van der Waals surface area (Å²) in [4.78, 5) is 11.0. The third-order valence-corrected chi connectivity index (χ3v) is 3.37. The Morgan fingerprint density at radius 3 is 3.00 bits per heavy atom. The fourth-order valence-electron chi connectivity index (χ4n) is 2.74. The minimum Gasteiger partial charge on any atom is -0.481 e. The van der Waals surface area contributed by atoms with E-state index in [1.54, 1.807) is 6.07 Å². The van der Waals surface area contributed by atoms with Gasteiger partial charge in [-0.3, -0.25) is 4.79 Å². The summed E-state index contributed by atoms with van der Waals surface area (Å²) in [7, 11) is 0. The molecule has 17 heavy (non-hydrogen) atoms. The summed E-state index contributed by atoms with van der Waals surface area (Å²) < 4.78 is 13.1. The number of nitrogens with one attached hydrogen (secondary N) is 1. The third-order valence-electron chi connectivity index (χ3n) is 3.37. The number of fused-ring (bicyclic) bond motifs is 1. The lowest BCUT2D eigenvalue weighted by Gasteiger charge is -2.30. The van der Waals surface area contributed by atoms with Crippen molar-refractivity contribution in [3.63, 3.8) is 0 Å². The molecule has 0 fully saturated rings. The fourth-order valence-corrected chi connectivity index (χ4v) is 2.74. The van der Waals surface area contributed by atoms with Crippen LogP contribution in [0.1, 0.15) is 30.9 Å². The Morgan fingerprint density at radius 2 is 2.35 bits per heavy atom. The highest BCUT2D eigenvalue weighted by Gasteiger charge is 2.39. The van der Waals surface area contributed by atoms with Crippen LogP contribution in [0.2, 0.25) is 0 Å². The lowest BCUT2D eigenvalue weighted by molar-refractivity contribution is -0.138. The molecule has 1 unspecified atom stereocenters. The molecule has 1 aliphatic rings. The van der Waals surface area contributed by atoms with Gasteiger partial charge in [0, 0.05) is 0 Å². The molecule has 1 aromatic carbocycles. The summed E-state index contributed by atoms with van der Waals surface area (Å²) in [5.74, 6) is -1.09.